The van der Waals surface area contributed by atoms with Gasteiger partial charge in [0, 0.05) is 31.0 Å². The number of benzene rings is 1. The van der Waals surface area contributed by atoms with E-state index < -0.39 is 9.84 Å². The highest BCUT2D eigenvalue weighted by atomic mass is 32.2. The molecule has 1 aliphatic rings. The molecule has 128 valence electrons. The Bertz CT molecular complexity index is 650. The lowest BCUT2D eigenvalue weighted by atomic mass is 9.91. The third-order valence-electron chi connectivity index (χ3n) is 4.67. The van der Waals surface area contributed by atoms with Gasteiger partial charge in [0.2, 0.25) is 0 Å². The lowest BCUT2D eigenvalue weighted by Gasteiger charge is -2.27. The number of carbonyl (C=O) groups excluding carboxylic acids is 1. The highest BCUT2D eigenvalue weighted by Crippen LogP contribution is 2.28. The van der Waals surface area contributed by atoms with Gasteiger partial charge in [0.25, 0.3) is 5.91 Å². The molecule has 0 aromatic heterocycles. The van der Waals surface area contributed by atoms with Crippen molar-refractivity contribution in [2.75, 3.05) is 33.4 Å². The van der Waals surface area contributed by atoms with Crippen LogP contribution in [0.2, 0.25) is 0 Å². The fourth-order valence-corrected chi connectivity index (χ4v) is 3.84. The summed E-state index contributed by atoms with van der Waals surface area (Å²) in [6.07, 6.45) is 1.17. The number of rotatable bonds is 4. The highest BCUT2D eigenvalue weighted by Gasteiger charge is 2.38. The number of carbonyl (C=O) groups is 1. The van der Waals surface area contributed by atoms with Gasteiger partial charge in [-0.05, 0) is 50.2 Å². The minimum absolute atomic E-state index is 0.0277. The van der Waals surface area contributed by atoms with Gasteiger partial charge in [-0.1, -0.05) is 13.8 Å². The van der Waals surface area contributed by atoms with Crippen LogP contribution in [0.25, 0.3) is 0 Å². The molecule has 5 nitrogen and oxygen atoms in total. The predicted octanol–water partition coefficient (Wildman–Crippen LogP) is 1.75. The number of hydrogen-bond acceptors (Lipinski definition) is 4. The quantitative estimate of drug-likeness (QED) is 0.839. The molecule has 2 atom stereocenters. The highest BCUT2D eigenvalue weighted by molar-refractivity contribution is 7.90. The summed E-state index contributed by atoms with van der Waals surface area (Å²) in [4.78, 5) is 17.0. The zero-order valence-electron chi connectivity index (χ0n) is 14.5. The van der Waals surface area contributed by atoms with E-state index in [2.05, 4.69) is 32.8 Å². The van der Waals surface area contributed by atoms with E-state index in [0.717, 1.165) is 6.54 Å². The van der Waals surface area contributed by atoms with Gasteiger partial charge < -0.3 is 9.80 Å². The van der Waals surface area contributed by atoms with Gasteiger partial charge in [-0.2, -0.15) is 0 Å². The van der Waals surface area contributed by atoms with Crippen molar-refractivity contribution in [2.45, 2.75) is 24.8 Å². The van der Waals surface area contributed by atoms with E-state index in [0.29, 0.717) is 30.0 Å². The van der Waals surface area contributed by atoms with Crippen LogP contribution in [0.3, 0.4) is 0 Å². The number of amides is 1. The molecule has 0 saturated carbocycles. The van der Waals surface area contributed by atoms with Crippen molar-refractivity contribution >= 4 is 15.7 Å². The van der Waals surface area contributed by atoms with Crippen LogP contribution in [-0.2, 0) is 9.84 Å². The summed E-state index contributed by atoms with van der Waals surface area (Å²) in [6, 6.07) is 6.57. The standard InChI is InChI=1S/C17H26N2O3S/c1-12(2)15-10-19(11-16(15)18(3)4)17(20)13-6-8-14(9-7-13)23(5,21)22/h6-9,12,15-16H,10-11H2,1-5H3/t15-,16+/m1/s1. The van der Waals surface area contributed by atoms with Gasteiger partial charge in [-0.3, -0.25) is 4.79 Å². The summed E-state index contributed by atoms with van der Waals surface area (Å²) < 4.78 is 23.0. The average molecular weight is 338 g/mol. The number of likely N-dealkylation sites (N-methyl/N-ethyl adjacent to an activating group) is 1. The summed E-state index contributed by atoms with van der Waals surface area (Å²) in [7, 11) is 0.865. The van der Waals surface area contributed by atoms with Crippen LogP contribution >= 0.6 is 0 Å². The average Bonchev–Trinajstić information content (AvgIpc) is 2.91. The van der Waals surface area contributed by atoms with Crippen molar-refractivity contribution < 1.29 is 13.2 Å². The van der Waals surface area contributed by atoms with E-state index in [1.165, 1.54) is 18.4 Å². The normalized spacial score (nSPS) is 22.1. The molecule has 0 unspecified atom stereocenters. The predicted molar refractivity (Wildman–Crippen MR) is 91.3 cm³/mol. The van der Waals surface area contributed by atoms with Crippen molar-refractivity contribution in [3.05, 3.63) is 29.8 Å². The second kappa shape index (κ2) is 6.61. The van der Waals surface area contributed by atoms with Crippen LogP contribution in [0.1, 0.15) is 24.2 Å². The Balaban J connectivity index is 2.18. The molecule has 1 heterocycles. The summed E-state index contributed by atoms with van der Waals surface area (Å²) in [6.45, 7) is 5.84. The third kappa shape index (κ3) is 3.93. The van der Waals surface area contributed by atoms with Crippen LogP contribution in [0.5, 0.6) is 0 Å². The van der Waals surface area contributed by atoms with Gasteiger partial charge >= 0.3 is 0 Å². The summed E-state index contributed by atoms with van der Waals surface area (Å²) in [5.41, 5.74) is 0.541. The van der Waals surface area contributed by atoms with Crippen molar-refractivity contribution in [3.8, 4) is 0 Å². The second-order valence-corrected chi connectivity index (χ2v) is 8.96. The smallest absolute Gasteiger partial charge is 0.253 e. The SMILES string of the molecule is CC(C)[C@H]1CN(C(=O)c2ccc(S(C)(=O)=O)cc2)C[C@@H]1N(C)C. The molecular weight excluding hydrogens is 312 g/mol. The van der Waals surface area contributed by atoms with Crippen LogP contribution in [0, 0.1) is 11.8 Å². The van der Waals surface area contributed by atoms with Gasteiger partial charge in [-0.15, -0.1) is 0 Å². The monoisotopic (exact) mass is 338 g/mol. The molecule has 1 saturated heterocycles. The van der Waals surface area contributed by atoms with Crippen molar-refractivity contribution in [1.29, 1.82) is 0 Å². The zero-order chi connectivity index (χ0) is 17.4. The molecule has 0 N–H and O–H groups in total. The largest absolute Gasteiger partial charge is 0.337 e. The second-order valence-electron chi connectivity index (χ2n) is 6.95. The number of sulfone groups is 1. The Morgan fingerprint density at radius 1 is 1.17 bits per heavy atom. The summed E-state index contributed by atoms with van der Waals surface area (Å²) >= 11 is 0. The minimum atomic E-state index is -3.24. The first-order valence-corrected chi connectivity index (χ1v) is 9.76. The fraction of sp³-hybridized carbons (Fsp3) is 0.588. The van der Waals surface area contributed by atoms with Gasteiger partial charge in [0.1, 0.15) is 0 Å². The van der Waals surface area contributed by atoms with Crippen LogP contribution in [-0.4, -0.2) is 63.6 Å². The molecule has 6 heteroatoms. The third-order valence-corrected chi connectivity index (χ3v) is 5.80. The molecular formula is C17H26N2O3S. The Labute approximate surface area is 139 Å². The maximum atomic E-state index is 12.7. The van der Waals surface area contributed by atoms with Gasteiger partial charge in [-0.25, -0.2) is 8.42 Å². The van der Waals surface area contributed by atoms with E-state index in [1.807, 2.05) is 4.90 Å². The van der Waals surface area contributed by atoms with E-state index >= 15 is 0 Å². The Hall–Kier alpha value is -1.40. The first-order chi connectivity index (χ1) is 10.6. The number of likely N-dealkylation sites (tertiary alicyclic amines) is 1. The minimum Gasteiger partial charge on any atom is -0.337 e. The van der Waals surface area contributed by atoms with Crippen LogP contribution in [0.4, 0.5) is 0 Å². The lowest BCUT2D eigenvalue weighted by molar-refractivity contribution is 0.0779. The maximum absolute atomic E-state index is 12.7. The lowest BCUT2D eigenvalue weighted by Crippen LogP contribution is -2.37. The van der Waals surface area contributed by atoms with Crippen LogP contribution in [0.15, 0.2) is 29.2 Å². The number of nitrogens with zero attached hydrogens (tertiary/aromatic N) is 2. The summed E-state index contributed by atoms with van der Waals surface area (Å²) in [5.74, 6) is 0.928. The van der Waals surface area contributed by atoms with Crippen molar-refractivity contribution in [1.82, 2.24) is 9.80 Å². The molecule has 1 aliphatic heterocycles. The Kier molecular flexibility index (Phi) is 5.16. The molecule has 0 spiro atoms. The molecule has 0 aliphatic carbocycles. The van der Waals surface area contributed by atoms with Gasteiger partial charge in [0.15, 0.2) is 9.84 Å². The van der Waals surface area contributed by atoms with Gasteiger partial charge in [0.05, 0.1) is 4.90 Å². The topological polar surface area (TPSA) is 57.7 Å². The first kappa shape index (κ1) is 17.9. The Morgan fingerprint density at radius 3 is 2.13 bits per heavy atom. The molecule has 0 bridgehead atoms. The van der Waals surface area contributed by atoms with E-state index in [4.69, 9.17) is 0 Å². The molecule has 1 amide bonds. The number of hydrogen-bond donors (Lipinski definition) is 0. The molecule has 1 aromatic rings. The first-order valence-electron chi connectivity index (χ1n) is 7.87. The molecule has 2 rings (SSSR count). The van der Waals surface area contributed by atoms with Crippen molar-refractivity contribution in [2.24, 2.45) is 11.8 Å². The molecule has 23 heavy (non-hydrogen) atoms. The fourth-order valence-electron chi connectivity index (χ4n) is 3.21. The Morgan fingerprint density at radius 2 is 1.74 bits per heavy atom. The van der Waals surface area contributed by atoms with E-state index in [1.54, 1.807) is 12.1 Å². The van der Waals surface area contributed by atoms with Crippen molar-refractivity contribution in [3.63, 3.8) is 0 Å². The summed E-state index contributed by atoms with van der Waals surface area (Å²) in [5, 5.41) is 0. The molecule has 1 fully saturated rings. The maximum Gasteiger partial charge on any atom is 0.253 e. The van der Waals surface area contributed by atoms with E-state index in [9.17, 15) is 13.2 Å². The van der Waals surface area contributed by atoms with E-state index in [-0.39, 0.29) is 10.8 Å². The zero-order valence-corrected chi connectivity index (χ0v) is 15.3. The molecule has 1 aromatic carbocycles. The molecule has 0 radical (unpaired) electrons. The van der Waals surface area contributed by atoms with Crippen LogP contribution < -0.4 is 0 Å².